The summed E-state index contributed by atoms with van der Waals surface area (Å²) in [5.74, 6) is 0.0851. The molecule has 0 atom stereocenters. The van der Waals surface area contributed by atoms with Gasteiger partial charge in [-0.25, -0.2) is 4.39 Å². The van der Waals surface area contributed by atoms with E-state index in [2.05, 4.69) is 10.6 Å². The van der Waals surface area contributed by atoms with E-state index >= 15 is 0 Å². The Labute approximate surface area is 121 Å². The average molecular weight is 286 g/mol. The van der Waals surface area contributed by atoms with Crippen LogP contribution >= 0.6 is 0 Å². The number of amides is 1. The number of halogens is 1. The summed E-state index contributed by atoms with van der Waals surface area (Å²) < 4.78 is 18.4. The van der Waals surface area contributed by atoms with Crippen molar-refractivity contribution in [3.63, 3.8) is 0 Å². The average Bonchev–Trinajstić information content (AvgIpc) is 2.53. The lowest BCUT2D eigenvalue weighted by atomic mass is 10.1. The summed E-state index contributed by atoms with van der Waals surface area (Å²) >= 11 is 0. The van der Waals surface area contributed by atoms with E-state index < -0.39 is 0 Å². The lowest BCUT2D eigenvalue weighted by molar-refractivity contribution is 0.0947. The number of carbonyl (C=O) groups excluding carboxylic acids is 1. The second kappa shape index (κ2) is 5.83. The zero-order valence-corrected chi connectivity index (χ0v) is 11.4. The van der Waals surface area contributed by atoms with Crippen LogP contribution < -0.4 is 15.4 Å². The lowest BCUT2D eigenvalue weighted by Crippen LogP contribution is -2.26. The highest BCUT2D eigenvalue weighted by atomic mass is 19.1. The number of ether oxygens (including phenoxy) is 1. The number of hydrogen-bond donors (Lipinski definition) is 2. The second-order valence-electron chi connectivity index (χ2n) is 4.77. The third kappa shape index (κ3) is 2.97. The van der Waals surface area contributed by atoms with Crippen molar-refractivity contribution >= 4 is 11.6 Å². The fraction of sp³-hybridized carbons (Fsp3) is 0.188. The number of nitrogens with one attached hydrogen (secondary N) is 2. The van der Waals surface area contributed by atoms with Crippen molar-refractivity contribution in [2.75, 3.05) is 18.5 Å². The molecule has 3 rings (SSSR count). The molecule has 1 aliphatic heterocycles. The van der Waals surface area contributed by atoms with Gasteiger partial charge in [0.2, 0.25) is 0 Å². The summed E-state index contributed by atoms with van der Waals surface area (Å²) in [6.07, 6.45) is 0. The van der Waals surface area contributed by atoms with Gasteiger partial charge in [-0.3, -0.25) is 4.79 Å². The minimum Gasteiger partial charge on any atom is -0.489 e. The summed E-state index contributed by atoms with van der Waals surface area (Å²) in [7, 11) is 0. The number of carbonyl (C=O) groups is 1. The molecular formula is C16H15FN2O2. The van der Waals surface area contributed by atoms with Crippen LogP contribution in [0.3, 0.4) is 0 Å². The Kier molecular flexibility index (Phi) is 3.73. The van der Waals surface area contributed by atoms with Gasteiger partial charge in [-0.2, -0.15) is 0 Å². The number of anilines is 1. The van der Waals surface area contributed by atoms with Crippen molar-refractivity contribution < 1.29 is 13.9 Å². The van der Waals surface area contributed by atoms with E-state index in [1.54, 1.807) is 18.2 Å². The predicted molar refractivity (Wildman–Crippen MR) is 78.0 cm³/mol. The van der Waals surface area contributed by atoms with Gasteiger partial charge in [0.25, 0.3) is 5.91 Å². The molecule has 1 amide bonds. The van der Waals surface area contributed by atoms with Crippen LogP contribution in [0.25, 0.3) is 0 Å². The molecule has 1 aliphatic rings. The summed E-state index contributed by atoms with van der Waals surface area (Å²) in [6, 6.07) is 11.5. The molecule has 0 aliphatic carbocycles. The van der Waals surface area contributed by atoms with Gasteiger partial charge in [-0.05, 0) is 29.8 Å². The van der Waals surface area contributed by atoms with E-state index in [0.717, 1.165) is 17.8 Å². The topological polar surface area (TPSA) is 50.4 Å². The highest BCUT2D eigenvalue weighted by Gasteiger charge is 2.18. The second-order valence-corrected chi connectivity index (χ2v) is 4.77. The Balaban J connectivity index is 1.72. The largest absolute Gasteiger partial charge is 0.489 e. The molecule has 21 heavy (non-hydrogen) atoms. The van der Waals surface area contributed by atoms with Crippen molar-refractivity contribution in [3.05, 3.63) is 59.4 Å². The highest BCUT2D eigenvalue weighted by Crippen LogP contribution is 2.31. The number of hydrogen-bond acceptors (Lipinski definition) is 3. The first-order chi connectivity index (χ1) is 10.2. The van der Waals surface area contributed by atoms with Crippen molar-refractivity contribution in [2.24, 2.45) is 0 Å². The molecule has 0 radical (unpaired) electrons. The van der Waals surface area contributed by atoms with Crippen LogP contribution in [-0.2, 0) is 6.54 Å². The summed E-state index contributed by atoms with van der Waals surface area (Å²) in [6.45, 7) is 1.61. The molecule has 0 spiro atoms. The fourth-order valence-electron chi connectivity index (χ4n) is 2.23. The molecule has 5 heteroatoms. The third-order valence-corrected chi connectivity index (χ3v) is 3.29. The van der Waals surface area contributed by atoms with Gasteiger partial charge in [-0.1, -0.05) is 18.2 Å². The van der Waals surface area contributed by atoms with Crippen molar-refractivity contribution in [1.29, 1.82) is 0 Å². The van der Waals surface area contributed by atoms with Crippen LogP contribution in [0.2, 0.25) is 0 Å². The molecule has 2 aromatic carbocycles. The van der Waals surface area contributed by atoms with E-state index in [0.29, 0.717) is 24.5 Å². The zero-order chi connectivity index (χ0) is 14.7. The molecule has 4 nitrogen and oxygen atoms in total. The SMILES string of the molecule is O=C(NCc1ccc(F)cc1)c1cccc2c1OCCN2. The summed E-state index contributed by atoms with van der Waals surface area (Å²) in [5, 5.41) is 6.01. The molecule has 2 aromatic rings. The van der Waals surface area contributed by atoms with Gasteiger partial charge in [0.15, 0.2) is 5.75 Å². The molecule has 1 heterocycles. The van der Waals surface area contributed by atoms with E-state index in [1.807, 2.05) is 12.1 Å². The van der Waals surface area contributed by atoms with Gasteiger partial charge in [0.05, 0.1) is 11.3 Å². The van der Waals surface area contributed by atoms with Crippen molar-refractivity contribution in [1.82, 2.24) is 5.32 Å². The molecule has 2 N–H and O–H groups in total. The first-order valence-corrected chi connectivity index (χ1v) is 6.76. The van der Waals surface area contributed by atoms with Gasteiger partial charge in [0.1, 0.15) is 12.4 Å². The van der Waals surface area contributed by atoms with Crippen LogP contribution in [0.15, 0.2) is 42.5 Å². The number of fused-ring (bicyclic) bond motifs is 1. The zero-order valence-electron chi connectivity index (χ0n) is 11.4. The van der Waals surface area contributed by atoms with E-state index in [9.17, 15) is 9.18 Å². The molecule has 0 bridgehead atoms. The molecule has 0 aromatic heterocycles. The van der Waals surface area contributed by atoms with Gasteiger partial charge in [0, 0.05) is 13.1 Å². The number of benzene rings is 2. The normalized spacial score (nSPS) is 12.8. The van der Waals surface area contributed by atoms with E-state index in [4.69, 9.17) is 4.74 Å². The molecule has 0 saturated heterocycles. The van der Waals surface area contributed by atoms with Crippen LogP contribution in [0.1, 0.15) is 15.9 Å². The molecule has 108 valence electrons. The van der Waals surface area contributed by atoms with E-state index in [-0.39, 0.29) is 11.7 Å². The van der Waals surface area contributed by atoms with Gasteiger partial charge >= 0.3 is 0 Å². The quantitative estimate of drug-likeness (QED) is 0.911. The van der Waals surface area contributed by atoms with Crippen molar-refractivity contribution in [3.8, 4) is 5.75 Å². The predicted octanol–water partition coefficient (Wildman–Crippen LogP) is 2.56. The van der Waals surface area contributed by atoms with Gasteiger partial charge in [-0.15, -0.1) is 0 Å². The standard InChI is InChI=1S/C16H15FN2O2/c17-12-6-4-11(5-7-12)10-19-16(20)13-2-1-3-14-15(13)21-9-8-18-14/h1-7,18H,8-10H2,(H,19,20). The monoisotopic (exact) mass is 286 g/mol. The van der Waals surface area contributed by atoms with E-state index in [1.165, 1.54) is 12.1 Å². The Hall–Kier alpha value is -2.56. The Morgan fingerprint density at radius 1 is 1.24 bits per heavy atom. The van der Waals surface area contributed by atoms with Crippen LogP contribution in [0, 0.1) is 5.82 Å². The maximum Gasteiger partial charge on any atom is 0.255 e. The number of para-hydroxylation sites is 1. The summed E-state index contributed by atoms with van der Waals surface area (Å²) in [5.41, 5.74) is 2.17. The Morgan fingerprint density at radius 2 is 2.05 bits per heavy atom. The number of rotatable bonds is 3. The highest BCUT2D eigenvalue weighted by molar-refractivity contribution is 5.98. The van der Waals surface area contributed by atoms with Crippen LogP contribution in [0.4, 0.5) is 10.1 Å². The maximum atomic E-state index is 12.8. The fourth-order valence-corrected chi connectivity index (χ4v) is 2.23. The molecule has 0 saturated carbocycles. The Bertz CT molecular complexity index is 656. The third-order valence-electron chi connectivity index (χ3n) is 3.29. The molecule has 0 fully saturated rings. The summed E-state index contributed by atoms with van der Waals surface area (Å²) in [4.78, 5) is 12.3. The first-order valence-electron chi connectivity index (χ1n) is 6.76. The minimum atomic E-state index is -0.290. The Morgan fingerprint density at radius 3 is 2.86 bits per heavy atom. The first kappa shape index (κ1) is 13.4. The smallest absolute Gasteiger partial charge is 0.255 e. The maximum absolute atomic E-state index is 12.8. The van der Waals surface area contributed by atoms with Crippen LogP contribution in [-0.4, -0.2) is 19.1 Å². The van der Waals surface area contributed by atoms with Gasteiger partial charge < -0.3 is 15.4 Å². The minimum absolute atomic E-state index is 0.208. The van der Waals surface area contributed by atoms with Crippen LogP contribution in [0.5, 0.6) is 5.75 Å². The van der Waals surface area contributed by atoms with Crippen molar-refractivity contribution in [2.45, 2.75) is 6.54 Å². The lowest BCUT2D eigenvalue weighted by Gasteiger charge is -2.21. The molecular weight excluding hydrogens is 271 g/mol. The molecule has 0 unspecified atom stereocenters.